The lowest BCUT2D eigenvalue weighted by molar-refractivity contribution is -0.0168. The fraction of sp³-hybridized carbons (Fsp3) is 0.769. The van der Waals surface area contributed by atoms with E-state index in [0.29, 0.717) is 10.8 Å². The molecule has 5 unspecified atom stereocenters. The summed E-state index contributed by atoms with van der Waals surface area (Å²) in [5.74, 6) is 4.85. The maximum atomic E-state index is 5.99. The van der Waals surface area contributed by atoms with Crippen LogP contribution < -0.4 is 0 Å². The minimum atomic E-state index is 0.401. The third-order valence-electron chi connectivity index (χ3n) is 9.39. The Morgan fingerprint density at radius 3 is 2.56 bits per heavy atom. The van der Waals surface area contributed by atoms with Crippen molar-refractivity contribution in [3.63, 3.8) is 0 Å². The first kappa shape index (κ1) is 18.1. The molecular weight excluding hydrogens is 328 g/mol. The lowest BCUT2D eigenvalue weighted by atomic mass is 9.46. The number of allylic oxidation sites excluding steroid dienone is 6. The maximum absolute atomic E-state index is 5.99. The monoisotopic (exact) mass is 366 g/mol. The van der Waals surface area contributed by atoms with Crippen LogP contribution in [-0.4, -0.2) is 6.61 Å². The van der Waals surface area contributed by atoms with E-state index in [-0.39, 0.29) is 0 Å². The van der Waals surface area contributed by atoms with Crippen LogP contribution >= 0.6 is 0 Å². The molecule has 1 nitrogen and oxygen atoms in total. The zero-order chi connectivity index (χ0) is 18.8. The molecule has 2 saturated carbocycles. The third-order valence-corrected chi connectivity index (χ3v) is 9.39. The number of rotatable bonds is 4. The van der Waals surface area contributed by atoms with Crippen molar-refractivity contribution in [1.29, 1.82) is 0 Å². The molecule has 0 heterocycles. The minimum absolute atomic E-state index is 0.401. The van der Waals surface area contributed by atoms with Gasteiger partial charge < -0.3 is 4.74 Å². The zero-order valence-corrected chi connectivity index (χ0v) is 17.9. The molecule has 0 radical (unpaired) electrons. The summed E-state index contributed by atoms with van der Waals surface area (Å²) in [7, 11) is 0. The summed E-state index contributed by atoms with van der Waals surface area (Å²) in [6.07, 6.45) is 17.3. The predicted molar refractivity (Wildman–Crippen MR) is 112 cm³/mol. The van der Waals surface area contributed by atoms with Gasteiger partial charge in [0, 0.05) is 6.42 Å². The van der Waals surface area contributed by atoms with Crippen LogP contribution in [0.15, 0.2) is 34.6 Å². The molecular formula is C26H38O. The van der Waals surface area contributed by atoms with Crippen LogP contribution in [-0.2, 0) is 4.74 Å². The van der Waals surface area contributed by atoms with E-state index in [1.807, 2.05) is 5.57 Å². The Bertz CT molecular complexity index is 720. The van der Waals surface area contributed by atoms with Gasteiger partial charge in [-0.05, 0) is 104 Å². The Labute approximate surface area is 166 Å². The lowest BCUT2D eigenvalue weighted by Gasteiger charge is -2.58. The van der Waals surface area contributed by atoms with E-state index in [2.05, 4.69) is 39.8 Å². The fourth-order valence-electron chi connectivity index (χ4n) is 7.81. The van der Waals surface area contributed by atoms with E-state index in [9.17, 15) is 0 Å². The molecule has 0 aliphatic heterocycles. The van der Waals surface area contributed by atoms with Crippen molar-refractivity contribution in [1.82, 2.24) is 0 Å². The van der Waals surface area contributed by atoms with Gasteiger partial charge in [0.25, 0.3) is 0 Å². The molecule has 5 rings (SSSR count). The molecule has 0 aromatic heterocycles. The van der Waals surface area contributed by atoms with Crippen molar-refractivity contribution in [2.24, 2.45) is 34.5 Å². The van der Waals surface area contributed by atoms with E-state index in [0.717, 1.165) is 36.7 Å². The number of ether oxygens (including phenoxy) is 1. The van der Waals surface area contributed by atoms with E-state index in [1.165, 1.54) is 57.1 Å². The Morgan fingerprint density at radius 1 is 1.04 bits per heavy atom. The number of hydrogen-bond donors (Lipinski definition) is 0. The average molecular weight is 367 g/mol. The SMILES string of the molecule is CCOC1=CC2=C(C3CC3)CC3C4CC=C(CC)C4(C)CCC3C2(C)CC1. The van der Waals surface area contributed by atoms with Crippen molar-refractivity contribution in [2.75, 3.05) is 6.61 Å². The molecule has 0 spiro atoms. The summed E-state index contributed by atoms with van der Waals surface area (Å²) in [6, 6.07) is 0. The normalized spacial score (nSPS) is 43.5. The highest BCUT2D eigenvalue weighted by molar-refractivity contribution is 5.43. The highest BCUT2D eigenvalue weighted by Gasteiger charge is 2.57. The molecule has 1 heteroatoms. The van der Waals surface area contributed by atoms with Crippen molar-refractivity contribution in [3.8, 4) is 0 Å². The van der Waals surface area contributed by atoms with Gasteiger partial charge in [0.05, 0.1) is 12.4 Å². The first-order chi connectivity index (χ1) is 13.0. The smallest absolute Gasteiger partial charge is 0.0962 e. The van der Waals surface area contributed by atoms with Crippen LogP contribution in [0, 0.1) is 34.5 Å². The van der Waals surface area contributed by atoms with E-state index < -0.39 is 0 Å². The summed E-state index contributed by atoms with van der Waals surface area (Å²) in [4.78, 5) is 0. The Morgan fingerprint density at radius 2 is 1.85 bits per heavy atom. The molecule has 2 fully saturated rings. The lowest BCUT2D eigenvalue weighted by Crippen LogP contribution is -2.49. The van der Waals surface area contributed by atoms with Crippen LogP contribution in [0.3, 0.4) is 0 Å². The zero-order valence-electron chi connectivity index (χ0n) is 17.9. The van der Waals surface area contributed by atoms with Crippen molar-refractivity contribution in [2.45, 2.75) is 85.5 Å². The second-order valence-corrected chi connectivity index (χ2v) is 10.5. The fourth-order valence-corrected chi connectivity index (χ4v) is 7.81. The van der Waals surface area contributed by atoms with Gasteiger partial charge in [-0.3, -0.25) is 0 Å². The predicted octanol–water partition coefficient (Wildman–Crippen LogP) is 7.21. The molecule has 0 amide bonds. The molecule has 148 valence electrons. The highest BCUT2D eigenvalue weighted by Crippen LogP contribution is 2.67. The molecule has 5 atom stereocenters. The van der Waals surface area contributed by atoms with E-state index in [4.69, 9.17) is 4.74 Å². The summed E-state index contributed by atoms with van der Waals surface area (Å²) >= 11 is 0. The first-order valence-corrected chi connectivity index (χ1v) is 11.8. The van der Waals surface area contributed by atoms with Gasteiger partial charge in [0.1, 0.15) is 0 Å². The van der Waals surface area contributed by atoms with Gasteiger partial charge in [0.15, 0.2) is 0 Å². The summed E-state index contributed by atoms with van der Waals surface area (Å²) < 4.78 is 5.99. The van der Waals surface area contributed by atoms with Crippen LogP contribution in [0.1, 0.15) is 85.5 Å². The molecule has 0 N–H and O–H groups in total. The minimum Gasteiger partial charge on any atom is -0.498 e. The number of hydrogen-bond acceptors (Lipinski definition) is 1. The number of fused-ring (bicyclic) bond motifs is 5. The molecule has 5 aliphatic carbocycles. The Hall–Kier alpha value is -0.980. The van der Waals surface area contributed by atoms with Crippen LogP contribution in [0.4, 0.5) is 0 Å². The maximum Gasteiger partial charge on any atom is 0.0962 e. The topological polar surface area (TPSA) is 9.23 Å². The van der Waals surface area contributed by atoms with Crippen molar-refractivity contribution in [3.05, 3.63) is 34.6 Å². The molecule has 0 aromatic rings. The van der Waals surface area contributed by atoms with Crippen LogP contribution in [0.25, 0.3) is 0 Å². The van der Waals surface area contributed by atoms with Gasteiger partial charge in [-0.1, -0.05) is 38.0 Å². The van der Waals surface area contributed by atoms with Crippen LogP contribution in [0.2, 0.25) is 0 Å². The molecule has 5 aliphatic rings. The summed E-state index contributed by atoms with van der Waals surface area (Å²) in [5.41, 5.74) is 6.26. The average Bonchev–Trinajstić information content (AvgIpc) is 3.43. The van der Waals surface area contributed by atoms with Crippen LogP contribution in [0.5, 0.6) is 0 Å². The third kappa shape index (κ3) is 2.56. The van der Waals surface area contributed by atoms with Crippen molar-refractivity contribution < 1.29 is 4.74 Å². The standard InChI is InChI=1S/C26H38O/c1-5-18-9-10-22-21-16-20(17-7-8-17)24-15-19(27-6-2)11-13-26(24,4)23(21)12-14-25(18,22)3/h9,15,17,21-23H,5-8,10-14,16H2,1-4H3. The molecule has 0 saturated heterocycles. The van der Waals surface area contributed by atoms with Gasteiger partial charge in [-0.2, -0.15) is 0 Å². The second kappa shape index (κ2) is 6.26. The van der Waals surface area contributed by atoms with Gasteiger partial charge in [-0.25, -0.2) is 0 Å². The summed E-state index contributed by atoms with van der Waals surface area (Å²) in [5, 5.41) is 0. The molecule has 0 bridgehead atoms. The Balaban J connectivity index is 1.56. The quantitative estimate of drug-likeness (QED) is 0.478. The molecule has 0 aromatic carbocycles. The van der Waals surface area contributed by atoms with Gasteiger partial charge in [-0.15, -0.1) is 0 Å². The molecule has 27 heavy (non-hydrogen) atoms. The Kier molecular flexibility index (Phi) is 4.19. The van der Waals surface area contributed by atoms with E-state index >= 15 is 0 Å². The van der Waals surface area contributed by atoms with Gasteiger partial charge in [0.2, 0.25) is 0 Å². The highest BCUT2D eigenvalue weighted by atomic mass is 16.5. The largest absolute Gasteiger partial charge is 0.498 e. The van der Waals surface area contributed by atoms with Gasteiger partial charge >= 0.3 is 0 Å². The van der Waals surface area contributed by atoms with E-state index in [1.54, 1.807) is 11.1 Å². The first-order valence-electron chi connectivity index (χ1n) is 11.8. The second-order valence-electron chi connectivity index (χ2n) is 10.5. The summed E-state index contributed by atoms with van der Waals surface area (Å²) in [6.45, 7) is 10.6. The van der Waals surface area contributed by atoms with Crippen molar-refractivity contribution >= 4 is 0 Å².